The van der Waals surface area contributed by atoms with Gasteiger partial charge in [-0.3, -0.25) is 5.32 Å². The summed E-state index contributed by atoms with van der Waals surface area (Å²) in [7, 11) is 0. The van der Waals surface area contributed by atoms with Gasteiger partial charge in [0.1, 0.15) is 5.01 Å². The number of nitrogens with zero attached hydrogens (tertiary/aromatic N) is 3. The number of hydrogen-bond donors (Lipinski definition) is 1. The van der Waals surface area contributed by atoms with Crippen LogP contribution in [0.3, 0.4) is 0 Å². The number of rotatable bonds is 2. The summed E-state index contributed by atoms with van der Waals surface area (Å²) in [6.45, 7) is 5.84. The second kappa shape index (κ2) is 6.13. The summed E-state index contributed by atoms with van der Waals surface area (Å²) < 4.78 is 0. The first kappa shape index (κ1) is 13.3. The molecular formula is C12H20N4OS. The fourth-order valence-electron chi connectivity index (χ4n) is 1.96. The third kappa shape index (κ3) is 3.41. The van der Waals surface area contributed by atoms with Crippen molar-refractivity contribution < 1.29 is 4.79 Å². The summed E-state index contributed by atoms with van der Waals surface area (Å²) >= 11 is 1.46. The summed E-state index contributed by atoms with van der Waals surface area (Å²) in [5, 5.41) is 12.5. The first-order chi connectivity index (χ1) is 8.66. The largest absolute Gasteiger partial charge is 0.324 e. The summed E-state index contributed by atoms with van der Waals surface area (Å²) in [6, 6.07) is -0.0386. The zero-order chi connectivity index (χ0) is 13.0. The monoisotopic (exact) mass is 268 g/mol. The Morgan fingerprint density at radius 3 is 2.44 bits per heavy atom. The lowest BCUT2D eigenvalue weighted by molar-refractivity contribution is 0.213. The maximum absolute atomic E-state index is 12.1. The Labute approximate surface area is 112 Å². The minimum atomic E-state index is -0.0386. The van der Waals surface area contributed by atoms with E-state index < -0.39 is 0 Å². The average molecular weight is 268 g/mol. The number of likely N-dealkylation sites (tertiary alicyclic amines) is 1. The molecule has 1 aromatic heterocycles. The molecule has 0 unspecified atom stereocenters. The van der Waals surface area contributed by atoms with Crippen molar-refractivity contribution in [2.24, 2.45) is 0 Å². The van der Waals surface area contributed by atoms with Gasteiger partial charge in [-0.1, -0.05) is 38.0 Å². The van der Waals surface area contributed by atoms with E-state index in [0.717, 1.165) is 30.9 Å². The predicted octanol–water partition coefficient (Wildman–Crippen LogP) is 3.07. The van der Waals surface area contributed by atoms with E-state index in [1.54, 1.807) is 0 Å². The van der Waals surface area contributed by atoms with E-state index in [2.05, 4.69) is 29.4 Å². The minimum Gasteiger partial charge on any atom is -0.324 e. The molecule has 1 aliphatic heterocycles. The van der Waals surface area contributed by atoms with Crippen molar-refractivity contribution in [1.82, 2.24) is 15.1 Å². The van der Waals surface area contributed by atoms with Gasteiger partial charge in [-0.25, -0.2) is 4.79 Å². The SMILES string of the molecule is CC(C)c1nnc(NC(=O)N2CCCCCC2)s1. The highest BCUT2D eigenvalue weighted by atomic mass is 32.1. The van der Waals surface area contributed by atoms with Crippen molar-refractivity contribution >= 4 is 22.5 Å². The molecular weight excluding hydrogens is 248 g/mol. The topological polar surface area (TPSA) is 58.1 Å². The molecule has 18 heavy (non-hydrogen) atoms. The summed E-state index contributed by atoms with van der Waals surface area (Å²) in [4.78, 5) is 13.9. The van der Waals surface area contributed by atoms with E-state index in [-0.39, 0.29) is 6.03 Å². The zero-order valence-corrected chi connectivity index (χ0v) is 11.8. The number of hydrogen-bond acceptors (Lipinski definition) is 4. The molecule has 2 amide bonds. The van der Waals surface area contributed by atoms with Crippen LogP contribution < -0.4 is 5.32 Å². The van der Waals surface area contributed by atoms with Gasteiger partial charge >= 0.3 is 6.03 Å². The van der Waals surface area contributed by atoms with Crippen LogP contribution in [0.25, 0.3) is 0 Å². The van der Waals surface area contributed by atoms with E-state index in [1.165, 1.54) is 24.2 Å². The molecule has 1 saturated heterocycles. The Kier molecular flexibility index (Phi) is 4.52. The number of carbonyl (C=O) groups excluding carboxylic acids is 1. The molecule has 1 fully saturated rings. The molecule has 0 aromatic carbocycles. The lowest BCUT2D eigenvalue weighted by Gasteiger charge is -2.19. The number of nitrogens with one attached hydrogen (secondary N) is 1. The second-order valence-electron chi connectivity index (χ2n) is 4.93. The molecule has 2 rings (SSSR count). The predicted molar refractivity (Wildman–Crippen MR) is 73.1 cm³/mol. The molecule has 1 aliphatic rings. The fourth-order valence-corrected chi connectivity index (χ4v) is 2.70. The molecule has 1 N–H and O–H groups in total. The lowest BCUT2D eigenvalue weighted by Crippen LogP contribution is -2.35. The van der Waals surface area contributed by atoms with Gasteiger partial charge in [0.15, 0.2) is 0 Å². The molecule has 0 atom stereocenters. The van der Waals surface area contributed by atoms with Gasteiger partial charge in [-0.05, 0) is 12.8 Å². The number of urea groups is 1. The minimum absolute atomic E-state index is 0.0386. The molecule has 1 aromatic rings. The van der Waals surface area contributed by atoms with Crippen LogP contribution in [0.4, 0.5) is 9.93 Å². The summed E-state index contributed by atoms with van der Waals surface area (Å²) in [5.74, 6) is 0.353. The second-order valence-corrected chi connectivity index (χ2v) is 5.94. The average Bonchev–Trinajstić information content (AvgIpc) is 2.64. The standard InChI is InChI=1S/C12H20N4OS/c1-9(2)10-14-15-11(18-10)13-12(17)16-7-5-3-4-6-8-16/h9H,3-8H2,1-2H3,(H,13,15,17). The number of carbonyl (C=O) groups is 1. The van der Waals surface area contributed by atoms with Gasteiger partial charge in [-0.2, -0.15) is 0 Å². The number of amides is 2. The highest BCUT2D eigenvalue weighted by Gasteiger charge is 2.17. The van der Waals surface area contributed by atoms with Gasteiger partial charge in [0, 0.05) is 19.0 Å². The highest BCUT2D eigenvalue weighted by Crippen LogP contribution is 2.22. The molecule has 0 bridgehead atoms. The van der Waals surface area contributed by atoms with E-state index in [4.69, 9.17) is 0 Å². The van der Waals surface area contributed by atoms with Crippen LogP contribution >= 0.6 is 11.3 Å². The van der Waals surface area contributed by atoms with Crippen LogP contribution in [0.15, 0.2) is 0 Å². The van der Waals surface area contributed by atoms with Crippen molar-refractivity contribution in [3.8, 4) is 0 Å². The van der Waals surface area contributed by atoms with Crippen LogP contribution in [0.2, 0.25) is 0 Å². The summed E-state index contributed by atoms with van der Waals surface area (Å²) in [5.41, 5.74) is 0. The van der Waals surface area contributed by atoms with Gasteiger partial charge in [0.2, 0.25) is 5.13 Å². The smallest absolute Gasteiger partial charge is 0.323 e. The van der Waals surface area contributed by atoms with Crippen LogP contribution in [-0.4, -0.2) is 34.2 Å². The van der Waals surface area contributed by atoms with Crippen LogP contribution in [0.5, 0.6) is 0 Å². The Bertz CT molecular complexity index is 397. The Hall–Kier alpha value is -1.17. The molecule has 100 valence electrons. The summed E-state index contributed by atoms with van der Waals surface area (Å²) in [6.07, 6.45) is 4.64. The lowest BCUT2D eigenvalue weighted by atomic mass is 10.2. The Balaban J connectivity index is 1.92. The first-order valence-electron chi connectivity index (χ1n) is 6.56. The van der Waals surface area contributed by atoms with Crippen LogP contribution in [-0.2, 0) is 0 Å². The zero-order valence-electron chi connectivity index (χ0n) is 11.0. The molecule has 5 nitrogen and oxygen atoms in total. The number of aromatic nitrogens is 2. The molecule has 0 spiro atoms. The van der Waals surface area contributed by atoms with Gasteiger partial charge in [0.05, 0.1) is 0 Å². The van der Waals surface area contributed by atoms with E-state index in [9.17, 15) is 4.79 Å². The van der Waals surface area contributed by atoms with Crippen LogP contribution in [0.1, 0.15) is 50.5 Å². The normalized spacial score (nSPS) is 16.7. The maximum Gasteiger partial charge on any atom is 0.323 e. The third-order valence-corrected chi connectivity index (χ3v) is 4.18. The number of anilines is 1. The van der Waals surface area contributed by atoms with Gasteiger partial charge in [-0.15, -0.1) is 10.2 Å². The first-order valence-corrected chi connectivity index (χ1v) is 7.38. The van der Waals surface area contributed by atoms with Crippen molar-refractivity contribution in [2.75, 3.05) is 18.4 Å². The highest BCUT2D eigenvalue weighted by molar-refractivity contribution is 7.15. The van der Waals surface area contributed by atoms with Crippen molar-refractivity contribution in [3.05, 3.63) is 5.01 Å². The van der Waals surface area contributed by atoms with E-state index in [0.29, 0.717) is 11.0 Å². The van der Waals surface area contributed by atoms with E-state index >= 15 is 0 Å². The fraction of sp³-hybridized carbons (Fsp3) is 0.750. The Morgan fingerprint density at radius 2 is 1.89 bits per heavy atom. The van der Waals surface area contributed by atoms with Crippen molar-refractivity contribution in [1.29, 1.82) is 0 Å². The van der Waals surface area contributed by atoms with Crippen molar-refractivity contribution in [2.45, 2.75) is 45.4 Å². The van der Waals surface area contributed by atoms with Crippen molar-refractivity contribution in [3.63, 3.8) is 0 Å². The van der Waals surface area contributed by atoms with Gasteiger partial charge < -0.3 is 4.90 Å². The quantitative estimate of drug-likeness (QED) is 0.896. The van der Waals surface area contributed by atoms with E-state index in [1.807, 2.05) is 4.90 Å². The molecule has 6 heteroatoms. The van der Waals surface area contributed by atoms with Crippen LogP contribution in [0, 0.1) is 0 Å². The molecule has 0 saturated carbocycles. The molecule has 2 heterocycles. The third-order valence-electron chi connectivity index (χ3n) is 3.04. The Morgan fingerprint density at radius 1 is 1.22 bits per heavy atom. The molecule has 0 aliphatic carbocycles. The van der Waals surface area contributed by atoms with Gasteiger partial charge in [0.25, 0.3) is 0 Å². The maximum atomic E-state index is 12.1. The molecule has 0 radical (unpaired) electrons.